The average Bonchev–Trinajstić information content (AvgIpc) is 2.29. The number of nitrogens with zero attached hydrogens (tertiary/aromatic N) is 1. The highest BCUT2D eigenvalue weighted by Crippen LogP contribution is 2.16. The summed E-state index contributed by atoms with van der Waals surface area (Å²) in [6.45, 7) is 0.614. The zero-order chi connectivity index (χ0) is 8.39. The first-order valence-electron chi connectivity index (χ1n) is 3.78. The first-order chi connectivity index (χ1) is 5.88. The van der Waals surface area contributed by atoms with E-state index in [4.69, 9.17) is 0 Å². The fourth-order valence-electron chi connectivity index (χ4n) is 1.18. The molecular formula is C9H8N2O. The van der Waals surface area contributed by atoms with Crippen molar-refractivity contribution >= 4 is 17.8 Å². The van der Waals surface area contributed by atoms with E-state index < -0.39 is 0 Å². The van der Waals surface area contributed by atoms with Crippen molar-refractivity contribution in [1.82, 2.24) is 0 Å². The van der Waals surface area contributed by atoms with Crippen LogP contribution in [0.4, 0.5) is 5.69 Å². The molecule has 1 aromatic rings. The number of amides is 1. The molecule has 0 fully saturated rings. The molecule has 0 aliphatic carbocycles. The Morgan fingerprint density at radius 2 is 2.17 bits per heavy atom. The molecule has 1 aliphatic rings. The van der Waals surface area contributed by atoms with Gasteiger partial charge in [0.25, 0.3) is 5.91 Å². The summed E-state index contributed by atoms with van der Waals surface area (Å²) in [4.78, 5) is 15.0. The Bertz CT molecular complexity index is 344. The van der Waals surface area contributed by atoms with Crippen molar-refractivity contribution in [2.45, 2.75) is 0 Å². The molecule has 3 nitrogen and oxygen atoms in total. The minimum absolute atomic E-state index is 0.171. The second-order valence-electron chi connectivity index (χ2n) is 2.54. The van der Waals surface area contributed by atoms with Gasteiger partial charge in [-0.1, -0.05) is 12.1 Å². The van der Waals surface area contributed by atoms with Gasteiger partial charge in [-0.05, 0) is 12.1 Å². The maximum Gasteiger partial charge on any atom is 0.278 e. The van der Waals surface area contributed by atoms with Gasteiger partial charge in [0, 0.05) is 11.9 Å². The second-order valence-corrected chi connectivity index (χ2v) is 2.54. The lowest BCUT2D eigenvalue weighted by Gasteiger charge is -2.03. The molecule has 1 heterocycles. The van der Waals surface area contributed by atoms with Crippen LogP contribution >= 0.6 is 0 Å². The normalized spacial score (nSPS) is 14.8. The molecule has 0 radical (unpaired) electrons. The van der Waals surface area contributed by atoms with Crippen LogP contribution in [-0.4, -0.2) is 18.7 Å². The van der Waals surface area contributed by atoms with E-state index in [0.717, 1.165) is 5.69 Å². The number of fused-ring (bicyclic) bond motifs is 1. The van der Waals surface area contributed by atoms with Gasteiger partial charge in [-0.25, -0.2) is 4.99 Å². The standard InChI is InChI=1S/C9H8N2O/c12-9-7-3-1-2-4-8(7)10-5-6-11-9/h1-4,6,10H,5H2. The summed E-state index contributed by atoms with van der Waals surface area (Å²) < 4.78 is 0. The van der Waals surface area contributed by atoms with Gasteiger partial charge >= 0.3 is 0 Å². The van der Waals surface area contributed by atoms with E-state index in [-0.39, 0.29) is 5.91 Å². The lowest BCUT2D eigenvalue weighted by molar-refractivity contribution is 0.100. The Kier molecular flexibility index (Phi) is 1.63. The van der Waals surface area contributed by atoms with Crippen molar-refractivity contribution < 1.29 is 4.79 Å². The topological polar surface area (TPSA) is 41.5 Å². The van der Waals surface area contributed by atoms with Crippen LogP contribution in [0.15, 0.2) is 29.3 Å². The minimum Gasteiger partial charge on any atom is -0.379 e. The minimum atomic E-state index is -0.171. The van der Waals surface area contributed by atoms with E-state index in [1.165, 1.54) is 0 Å². The summed E-state index contributed by atoms with van der Waals surface area (Å²) in [5.41, 5.74) is 1.51. The van der Waals surface area contributed by atoms with E-state index in [1.54, 1.807) is 12.3 Å². The first kappa shape index (κ1) is 7.03. The van der Waals surface area contributed by atoms with Gasteiger partial charge in [0.1, 0.15) is 0 Å². The maximum absolute atomic E-state index is 11.3. The van der Waals surface area contributed by atoms with Gasteiger partial charge in [-0.2, -0.15) is 0 Å². The molecule has 0 atom stereocenters. The van der Waals surface area contributed by atoms with Gasteiger partial charge in [0.15, 0.2) is 0 Å². The fourth-order valence-corrected chi connectivity index (χ4v) is 1.18. The molecular weight excluding hydrogens is 152 g/mol. The zero-order valence-corrected chi connectivity index (χ0v) is 6.45. The van der Waals surface area contributed by atoms with E-state index in [2.05, 4.69) is 10.3 Å². The molecule has 1 N–H and O–H groups in total. The molecule has 0 unspecified atom stereocenters. The average molecular weight is 160 g/mol. The molecule has 60 valence electrons. The summed E-state index contributed by atoms with van der Waals surface area (Å²) in [6.07, 6.45) is 1.59. The maximum atomic E-state index is 11.3. The van der Waals surface area contributed by atoms with Crippen molar-refractivity contribution in [2.75, 3.05) is 11.9 Å². The second kappa shape index (κ2) is 2.77. The summed E-state index contributed by atoms with van der Waals surface area (Å²) in [5, 5.41) is 3.09. The van der Waals surface area contributed by atoms with Crippen LogP contribution in [0.1, 0.15) is 10.4 Å². The largest absolute Gasteiger partial charge is 0.379 e. The van der Waals surface area contributed by atoms with Gasteiger partial charge in [0.2, 0.25) is 0 Å². The fraction of sp³-hybridized carbons (Fsp3) is 0.111. The van der Waals surface area contributed by atoms with E-state index in [9.17, 15) is 4.79 Å². The summed E-state index contributed by atoms with van der Waals surface area (Å²) in [6, 6.07) is 7.37. The van der Waals surface area contributed by atoms with Crippen LogP contribution in [0, 0.1) is 0 Å². The van der Waals surface area contributed by atoms with Crippen molar-refractivity contribution in [3.05, 3.63) is 29.8 Å². The van der Waals surface area contributed by atoms with Gasteiger partial charge in [-0.15, -0.1) is 0 Å². The number of aliphatic imine (C=N–C) groups is 1. The Labute approximate surface area is 70.1 Å². The Morgan fingerprint density at radius 1 is 1.33 bits per heavy atom. The third-order valence-corrected chi connectivity index (χ3v) is 1.75. The Balaban J connectivity index is 2.53. The van der Waals surface area contributed by atoms with Crippen LogP contribution in [0.2, 0.25) is 0 Å². The zero-order valence-electron chi connectivity index (χ0n) is 6.45. The number of rotatable bonds is 0. The van der Waals surface area contributed by atoms with Crippen LogP contribution in [0.5, 0.6) is 0 Å². The molecule has 1 amide bonds. The number of carbonyl (C=O) groups is 1. The molecule has 0 spiro atoms. The van der Waals surface area contributed by atoms with Gasteiger partial charge in [-0.3, -0.25) is 4.79 Å². The molecule has 0 saturated heterocycles. The highest BCUT2D eigenvalue weighted by Gasteiger charge is 2.10. The molecule has 1 aromatic carbocycles. The predicted molar refractivity (Wildman–Crippen MR) is 47.8 cm³/mol. The lowest BCUT2D eigenvalue weighted by Crippen LogP contribution is -2.01. The lowest BCUT2D eigenvalue weighted by atomic mass is 10.2. The number of hydrogen-bond acceptors (Lipinski definition) is 2. The predicted octanol–water partition coefficient (Wildman–Crippen LogP) is 1.32. The van der Waals surface area contributed by atoms with Crippen molar-refractivity contribution in [3.63, 3.8) is 0 Å². The number of benzene rings is 1. The molecule has 12 heavy (non-hydrogen) atoms. The smallest absolute Gasteiger partial charge is 0.278 e. The van der Waals surface area contributed by atoms with Crippen molar-refractivity contribution in [1.29, 1.82) is 0 Å². The van der Waals surface area contributed by atoms with Crippen LogP contribution in [-0.2, 0) is 0 Å². The van der Waals surface area contributed by atoms with Gasteiger partial charge in [0.05, 0.1) is 12.1 Å². The SMILES string of the molecule is O=C1N=CCNc2ccccc21. The van der Waals surface area contributed by atoms with Crippen molar-refractivity contribution in [2.24, 2.45) is 4.99 Å². The third-order valence-electron chi connectivity index (χ3n) is 1.75. The van der Waals surface area contributed by atoms with E-state index >= 15 is 0 Å². The van der Waals surface area contributed by atoms with Crippen molar-refractivity contribution in [3.8, 4) is 0 Å². The Hall–Kier alpha value is -1.64. The Morgan fingerprint density at radius 3 is 3.08 bits per heavy atom. The van der Waals surface area contributed by atoms with Gasteiger partial charge < -0.3 is 5.32 Å². The number of anilines is 1. The summed E-state index contributed by atoms with van der Waals surface area (Å²) in [5.74, 6) is -0.171. The van der Waals surface area contributed by atoms with E-state index in [0.29, 0.717) is 12.1 Å². The molecule has 2 rings (SSSR count). The highest BCUT2D eigenvalue weighted by molar-refractivity contribution is 6.05. The number of nitrogens with one attached hydrogen (secondary N) is 1. The van der Waals surface area contributed by atoms with Crippen LogP contribution < -0.4 is 5.32 Å². The van der Waals surface area contributed by atoms with Crippen LogP contribution in [0.25, 0.3) is 0 Å². The molecule has 0 bridgehead atoms. The summed E-state index contributed by atoms with van der Waals surface area (Å²) >= 11 is 0. The summed E-state index contributed by atoms with van der Waals surface area (Å²) in [7, 11) is 0. The number of carbonyl (C=O) groups excluding carboxylic acids is 1. The molecule has 0 saturated carbocycles. The number of para-hydroxylation sites is 1. The molecule has 1 aliphatic heterocycles. The first-order valence-corrected chi connectivity index (χ1v) is 3.78. The highest BCUT2D eigenvalue weighted by atomic mass is 16.1. The molecule has 3 heteroatoms. The third kappa shape index (κ3) is 1.09. The quantitative estimate of drug-likeness (QED) is 0.622. The monoisotopic (exact) mass is 160 g/mol. The number of hydrogen-bond donors (Lipinski definition) is 1. The van der Waals surface area contributed by atoms with E-state index in [1.807, 2.05) is 18.2 Å². The van der Waals surface area contributed by atoms with Crippen LogP contribution in [0.3, 0.4) is 0 Å². The molecule has 0 aromatic heterocycles.